The van der Waals surface area contributed by atoms with Crippen LogP contribution in [0.25, 0.3) is 11.3 Å². The fourth-order valence-electron chi connectivity index (χ4n) is 3.99. The number of aryl methyl sites for hydroxylation is 1. The standard InChI is InChI=1S/C23H26F3N7O2/c1-14-28-19(9-20(29-14)32-8-7-16(12-32)22(2,3)35)31-21(34)18-6-4-5-17(30-18)15-10-27-33(11-15)13-23(24,25)26/h4-6,9-11,16,35H,7-8,12-13H2,1-3H3,(H,28,29,31,34)/t16-/m0/s1. The van der Waals surface area contributed by atoms with Crippen molar-refractivity contribution < 1.29 is 23.1 Å². The van der Waals surface area contributed by atoms with Gasteiger partial charge in [-0.1, -0.05) is 6.07 Å². The Morgan fingerprint density at radius 3 is 2.69 bits per heavy atom. The largest absolute Gasteiger partial charge is 0.408 e. The topological polar surface area (TPSA) is 109 Å². The SMILES string of the molecule is Cc1nc(NC(=O)c2cccc(-c3cnn(CC(F)(F)F)c3)n2)cc(N2CC[C@H](C(C)(C)O)C2)n1. The first kappa shape index (κ1) is 24.6. The van der Waals surface area contributed by atoms with Crippen LogP contribution in [0.1, 0.15) is 36.6 Å². The fraction of sp³-hybridized carbons (Fsp3) is 0.435. The molecular formula is C23H26F3N7O2. The first-order valence-electron chi connectivity index (χ1n) is 11.1. The summed E-state index contributed by atoms with van der Waals surface area (Å²) in [5, 5.41) is 16.8. The predicted molar refractivity (Wildman–Crippen MR) is 123 cm³/mol. The van der Waals surface area contributed by atoms with E-state index in [0.29, 0.717) is 35.3 Å². The number of carbonyl (C=O) groups excluding carboxylic acids is 1. The fourth-order valence-corrected chi connectivity index (χ4v) is 3.99. The lowest BCUT2D eigenvalue weighted by molar-refractivity contribution is -0.142. The number of aromatic nitrogens is 5. The minimum Gasteiger partial charge on any atom is -0.390 e. The highest BCUT2D eigenvalue weighted by molar-refractivity contribution is 6.02. The molecule has 0 spiro atoms. The maximum Gasteiger partial charge on any atom is 0.408 e. The van der Waals surface area contributed by atoms with E-state index in [1.54, 1.807) is 39.0 Å². The van der Waals surface area contributed by atoms with Gasteiger partial charge in [-0.2, -0.15) is 18.3 Å². The molecule has 4 rings (SSSR count). The number of hydrogen-bond donors (Lipinski definition) is 2. The molecule has 0 unspecified atom stereocenters. The number of aliphatic hydroxyl groups is 1. The van der Waals surface area contributed by atoms with Crippen molar-refractivity contribution in [3.05, 3.63) is 48.2 Å². The van der Waals surface area contributed by atoms with E-state index in [9.17, 15) is 23.1 Å². The van der Waals surface area contributed by atoms with Crippen LogP contribution in [-0.2, 0) is 6.54 Å². The lowest BCUT2D eigenvalue weighted by Gasteiger charge is -2.26. The van der Waals surface area contributed by atoms with Crippen LogP contribution in [0.4, 0.5) is 24.8 Å². The number of nitrogens with one attached hydrogen (secondary N) is 1. The monoisotopic (exact) mass is 489 g/mol. The molecule has 0 bridgehead atoms. The smallest absolute Gasteiger partial charge is 0.390 e. The third-order valence-corrected chi connectivity index (χ3v) is 5.83. The molecule has 0 aromatic carbocycles. The summed E-state index contributed by atoms with van der Waals surface area (Å²) in [4.78, 5) is 28.0. The van der Waals surface area contributed by atoms with E-state index in [-0.39, 0.29) is 11.6 Å². The van der Waals surface area contributed by atoms with E-state index in [1.807, 2.05) is 4.90 Å². The molecule has 186 valence electrons. The summed E-state index contributed by atoms with van der Waals surface area (Å²) in [5.74, 6) is 1.01. The molecule has 1 amide bonds. The Morgan fingerprint density at radius 2 is 2.00 bits per heavy atom. The van der Waals surface area contributed by atoms with Gasteiger partial charge in [0, 0.05) is 36.8 Å². The maximum atomic E-state index is 12.9. The number of halogens is 3. The van der Waals surface area contributed by atoms with Gasteiger partial charge in [0.05, 0.1) is 17.5 Å². The summed E-state index contributed by atoms with van der Waals surface area (Å²) in [6.45, 7) is 5.46. The first-order chi connectivity index (χ1) is 16.4. The summed E-state index contributed by atoms with van der Waals surface area (Å²) in [6.07, 6.45) is -1.07. The zero-order chi connectivity index (χ0) is 25.4. The molecular weight excluding hydrogens is 463 g/mol. The number of amides is 1. The molecule has 1 atom stereocenters. The molecule has 1 aliphatic heterocycles. The molecule has 0 radical (unpaired) electrons. The second-order valence-electron chi connectivity index (χ2n) is 9.15. The molecule has 4 heterocycles. The third kappa shape index (κ3) is 6.13. The van der Waals surface area contributed by atoms with E-state index in [2.05, 4.69) is 25.4 Å². The maximum absolute atomic E-state index is 12.9. The van der Waals surface area contributed by atoms with E-state index >= 15 is 0 Å². The molecule has 1 saturated heterocycles. The molecule has 12 heteroatoms. The number of hydrogen-bond acceptors (Lipinski definition) is 7. The Kier molecular flexibility index (Phi) is 6.50. The van der Waals surface area contributed by atoms with E-state index in [4.69, 9.17) is 0 Å². The van der Waals surface area contributed by atoms with Crippen molar-refractivity contribution in [3.8, 4) is 11.3 Å². The summed E-state index contributed by atoms with van der Waals surface area (Å²) >= 11 is 0. The summed E-state index contributed by atoms with van der Waals surface area (Å²) in [6, 6.07) is 6.35. The van der Waals surface area contributed by atoms with E-state index in [1.165, 1.54) is 18.5 Å². The van der Waals surface area contributed by atoms with Gasteiger partial charge in [-0.15, -0.1) is 0 Å². The second-order valence-corrected chi connectivity index (χ2v) is 9.15. The molecule has 35 heavy (non-hydrogen) atoms. The Hall–Kier alpha value is -3.54. The van der Waals surface area contributed by atoms with Crippen LogP contribution < -0.4 is 10.2 Å². The molecule has 0 aliphatic carbocycles. The molecule has 1 aliphatic rings. The van der Waals surface area contributed by atoms with Crippen molar-refractivity contribution in [2.24, 2.45) is 5.92 Å². The number of carbonyl (C=O) groups is 1. The Morgan fingerprint density at radius 1 is 1.23 bits per heavy atom. The minimum absolute atomic E-state index is 0.0761. The van der Waals surface area contributed by atoms with Crippen LogP contribution in [0.5, 0.6) is 0 Å². The van der Waals surface area contributed by atoms with Gasteiger partial charge in [0.1, 0.15) is 29.7 Å². The summed E-state index contributed by atoms with van der Waals surface area (Å²) < 4.78 is 38.6. The third-order valence-electron chi connectivity index (χ3n) is 5.83. The number of nitrogens with zero attached hydrogens (tertiary/aromatic N) is 6. The quantitative estimate of drug-likeness (QED) is 0.546. The van der Waals surface area contributed by atoms with Crippen molar-refractivity contribution in [1.82, 2.24) is 24.7 Å². The van der Waals surface area contributed by atoms with Gasteiger partial charge >= 0.3 is 6.18 Å². The zero-order valence-electron chi connectivity index (χ0n) is 19.5. The first-order valence-corrected chi connectivity index (χ1v) is 11.1. The number of alkyl halides is 3. The van der Waals surface area contributed by atoms with Crippen molar-refractivity contribution in [2.45, 2.75) is 45.5 Å². The van der Waals surface area contributed by atoms with Gasteiger partial charge in [-0.25, -0.2) is 15.0 Å². The zero-order valence-corrected chi connectivity index (χ0v) is 19.5. The predicted octanol–water partition coefficient (Wildman–Crippen LogP) is 3.46. The average Bonchev–Trinajstić information content (AvgIpc) is 3.42. The lowest BCUT2D eigenvalue weighted by atomic mass is 9.90. The number of anilines is 2. The molecule has 2 N–H and O–H groups in total. The van der Waals surface area contributed by atoms with E-state index in [0.717, 1.165) is 17.6 Å². The van der Waals surface area contributed by atoms with Crippen molar-refractivity contribution in [3.63, 3.8) is 0 Å². The number of pyridine rings is 1. The molecule has 3 aromatic rings. The van der Waals surface area contributed by atoms with Crippen molar-refractivity contribution >= 4 is 17.5 Å². The van der Waals surface area contributed by atoms with Gasteiger partial charge < -0.3 is 15.3 Å². The average molecular weight is 490 g/mol. The van der Waals surface area contributed by atoms with Gasteiger partial charge in [-0.05, 0) is 39.3 Å². The Balaban J connectivity index is 1.49. The van der Waals surface area contributed by atoms with E-state index < -0.39 is 24.2 Å². The highest BCUT2D eigenvalue weighted by Gasteiger charge is 2.34. The summed E-state index contributed by atoms with van der Waals surface area (Å²) in [7, 11) is 0. The van der Waals surface area contributed by atoms with Crippen LogP contribution in [0, 0.1) is 12.8 Å². The molecule has 1 fully saturated rings. The van der Waals surface area contributed by atoms with Crippen LogP contribution in [-0.4, -0.2) is 60.6 Å². The second kappa shape index (κ2) is 9.25. The van der Waals surface area contributed by atoms with Crippen LogP contribution in [0.3, 0.4) is 0 Å². The van der Waals surface area contributed by atoms with Gasteiger partial charge in [-0.3, -0.25) is 9.48 Å². The lowest BCUT2D eigenvalue weighted by Crippen LogP contribution is -2.33. The molecule has 3 aromatic heterocycles. The molecule has 0 saturated carbocycles. The van der Waals surface area contributed by atoms with Gasteiger partial charge in [0.15, 0.2) is 0 Å². The van der Waals surface area contributed by atoms with Crippen LogP contribution in [0.2, 0.25) is 0 Å². The minimum atomic E-state index is -4.39. The van der Waals surface area contributed by atoms with Crippen LogP contribution >= 0.6 is 0 Å². The van der Waals surface area contributed by atoms with Crippen molar-refractivity contribution in [2.75, 3.05) is 23.3 Å². The normalized spacial score (nSPS) is 16.5. The van der Waals surface area contributed by atoms with Crippen LogP contribution in [0.15, 0.2) is 36.7 Å². The highest BCUT2D eigenvalue weighted by atomic mass is 19.4. The summed E-state index contributed by atoms with van der Waals surface area (Å²) in [5.41, 5.74) is -0.0414. The molecule has 9 nitrogen and oxygen atoms in total. The van der Waals surface area contributed by atoms with Gasteiger partial charge in [0.2, 0.25) is 0 Å². The van der Waals surface area contributed by atoms with Crippen molar-refractivity contribution in [1.29, 1.82) is 0 Å². The Labute approximate surface area is 200 Å². The Bertz CT molecular complexity index is 1220. The number of rotatable bonds is 6. The highest BCUT2D eigenvalue weighted by Crippen LogP contribution is 2.30. The van der Waals surface area contributed by atoms with Gasteiger partial charge in [0.25, 0.3) is 5.91 Å².